The Hall–Kier alpha value is -1.81. The van der Waals surface area contributed by atoms with Crippen molar-refractivity contribution in [2.24, 2.45) is 0 Å². The lowest BCUT2D eigenvalue weighted by Crippen LogP contribution is -2.25. The molecule has 1 aromatic carbocycles. The number of hydrogen-bond donors (Lipinski definition) is 2. The average molecular weight is 278 g/mol. The summed E-state index contributed by atoms with van der Waals surface area (Å²) in [5.74, 6) is -0.130. The highest BCUT2D eigenvalue weighted by atomic mass is 35.5. The molecule has 0 aliphatic rings. The number of rotatable bonds is 5. The number of benzene rings is 1. The molecule has 1 amide bonds. The number of H-pyrrole nitrogens is 1. The van der Waals surface area contributed by atoms with Gasteiger partial charge in [-0.25, -0.2) is 0 Å². The Labute approximate surface area is 117 Å². The lowest BCUT2D eigenvalue weighted by molar-refractivity contribution is 0.0953. The number of hydrogen-bond acceptors (Lipinski definition) is 2. The van der Waals surface area contributed by atoms with E-state index in [0.29, 0.717) is 17.1 Å². The van der Waals surface area contributed by atoms with Gasteiger partial charge in [-0.15, -0.1) is 0 Å². The van der Waals surface area contributed by atoms with Gasteiger partial charge in [0.2, 0.25) is 0 Å². The molecule has 0 spiro atoms. The molecule has 19 heavy (non-hydrogen) atoms. The van der Waals surface area contributed by atoms with Crippen LogP contribution in [0.2, 0.25) is 5.02 Å². The highest BCUT2D eigenvalue weighted by Gasteiger charge is 2.08. The third-order valence-corrected chi connectivity index (χ3v) is 3.29. The van der Waals surface area contributed by atoms with Crippen molar-refractivity contribution in [3.63, 3.8) is 0 Å². The molecular formula is C14H16ClN3O. The quantitative estimate of drug-likeness (QED) is 0.826. The van der Waals surface area contributed by atoms with E-state index in [1.54, 1.807) is 24.3 Å². The van der Waals surface area contributed by atoms with Gasteiger partial charge in [0.1, 0.15) is 0 Å². The molecule has 0 radical (unpaired) electrons. The van der Waals surface area contributed by atoms with Crippen LogP contribution in [-0.2, 0) is 6.42 Å². The number of aromatic amines is 1. The van der Waals surface area contributed by atoms with E-state index in [1.165, 1.54) is 5.56 Å². The molecule has 0 aliphatic carbocycles. The van der Waals surface area contributed by atoms with Gasteiger partial charge in [0, 0.05) is 12.2 Å². The zero-order valence-electron chi connectivity index (χ0n) is 10.7. The van der Waals surface area contributed by atoms with Crippen molar-refractivity contribution < 1.29 is 4.79 Å². The molecule has 0 atom stereocenters. The summed E-state index contributed by atoms with van der Waals surface area (Å²) in [5, 5.41) is 10.2. The van der Waals surface area contributed by atoms with Crippen LogP contribution in [0.1, 0.15) is 28.0 Å². The number of aryl methyl sites for hydroxylation is 2. The summed E-state index contributed by atoms with van der Waals surface area (Å²) < 4.78 is 0. The lowest BCUT2D eigenvalue weighted by atomic mass is 10.1. The monoisotopic (exact) mass is 277 g/mol. The first-order valence-corrected chi connectivity index (χ1v) is 6.58. The highest BCUT2D eigenvalue weighted by Crippen LogP contribution is 2.14. The van der Waals surface area contributed by atoms with Crippen molar-refractivity contribution in [3.05, 3.63) is 52.3 Å². The van der Waals surface area contributed by atoms with E-state index >= 15 is 0 Å². The van der Waals surface area contributed by atoms with Crippen molar-refractivity contribution in [3.8, 4) is 0 Å². The molecule has 0 aliphatic heterocycles. The first kappa shape index (κ1) is 13.6. The fourth-order valence-corrected chi connectivity index (χ4v) is 2.07. The van der Waals surface area contributed by atoms with Crippen LogP contribution < -0.4 is 5.32 Å². The van der Waals surface area contributed by atoms with E-state index in [-0.39, 0.29) is 5.91 Å². The van der Waals surface area contributed by atoms with Gasteiger partial charge in [-0.2, -0.15) is 5.10 Å². The first-order chi connectivity index (χ1) is 9.18. The van der Waals surface area contributed by atoms with Gasteiger partial charge in [0.25, 0.3) is 5.91 Å². The number of nitrogens with one attached hydrogen (secondary N) is 2. The normalized spacial score (nSPS) is 10.4. The fourth-order valence-electron chi connectivity index (χ4n) is 1.85. The predicted octanol–water partition coefficient (Wildman–Crippen LogP) is 2.73. The molecule has 2 N–H and O–H groups in total. The van der Waals surface area contributed by atoms with Crippen molar-refractivity contribution in [1.82, 2.24) is 15.5 Å². The van der Waals surface area contributed by atoms with E-state index < -0.39 is 0 Å². The van der Waals surface area contributed by atoms with Crippen LogP contribution in [0.4, 0.5) is 0 Å². The number of aromatic nitrogens is 2. The maximum absolute atomic E-state index is 11.9. The Kier molecular flexibility index (Phi) is 4.58. The number of carbonyl (C=O) groups is 1. The van der Waals surface area contributed by atoms with E-state index in [2.05, 4.69) is 15.5 Å². The summed E-state index contributed by atoms with van der Waals surface area (Å²) in [4.78, 5) is 11.9. The molecule has 2 aromatic rings. The van der Waals surface area contributed by atoms with Gasteiger partial charge in [-0.3, -0.25) is 9.89 Å². The minimum Gasteiger partial charge on any atom is -0.352 e. The molecule has 0 saturated carbocycles. The van der Waals surface area contributed by atoms with Crippen LogP contribution in [-0.4, -0.2) is 22.6 Å². The van der Waals surface area contributed by atoms with Crippen LogP contribution in [0.5, 0.6) is 0 Å². The molecular weight excluding hydrogens is 262 g/mol. The number of halogens is 1. The van der Waals surface area contributed by atoms with Crippen LogP contribution in [0, 0.1) is 6.92 Å². The summed E-state index contributed by atoms with van der Waals surface area (Å²) in [5.41, 5.74) is 2.79. The fraction of sp³-hybridized carbons (Fsp3) is 0.286. The standard InChI is InChI=1S/C14H16ClN3O/c1-10-11(9-17-18-10)5-4-8-16-14(19)12-6-2-3-7-13(12)15/h2-3,6-7,9H,4-5,8H2,1H3,(H,16,19)(H,17,18). The third kappa shape index (κ3) is 3.58. The predicted molar refractivity (Wildman–Crippen MR) is 75.4 cm³/mol. The van der Waals surface area contributed by atoms with Gasteiger partial charge >= 0.3 is 0 Å². The van der Waals surface area contributed by atoms with Gasteiger partial charge in [-0.05, 0) is 37.5 Å². The van der Waals surface area contributed by atoms with Gasteiger partial charge < -0.3 is 5.32 Å². The molecule has 4 nitrogen and oxygen atoms in total. The van der Waals surface area contributed by atoms with Gasteiger partial charge in [-0.1, -0.05) is 23.7 Å². The zero-order valence-corrected chi connectivity index (χ0v) is 11.5. The van der Waals surface area contributed by atoms with Crippen molar-refractivity contribution in [2.45, 2.75) is 19.8 Å². The molecule has 0 fully saturated rings. The van der Waals surface area contributed by atoms with Gasteiger partial charge in [0.15, 0.2) is 0 Å². The molecule has 5 heteroatoms. The number of nitrogens with zero attached hydrogens (tertiary/aromatic N) is 1. The zero-order chi connectivity index (χ0) is 13.7. The maximum Gasteiger partial charge on any atom is 0.252 e. The second kappa shape index (κ2) is 6.38. The maximum atomic E-state index is 11.9. The van der Waals surface area contributed by atoms with E-state index in [9.17, 15) is 4.79 Å². The van der Waals surface area contributed by atoms with Crippen molar-refractivity contribution in [1.29, 1.82) is 0 Å². The Balaban J connectivity index is 1.79. The summed E-state index contributed by atoms with van der Waals surface area (Å²) >= 11 is 5.96. The molecule has 1 aromatic heterocycles. The second-order valence-electron chi connectivity index (χ2n) is 4.36. The third-order valence-electron chi connectivity index (χ3n) is 2.96. The van der Waals surface area contributed by atoms with Crippen molar-refractivity contribution in [2.75, 3.05) is 6.54 Å². The molecule has 0 unspecified atom stereocenters. The van der Waals surface area contributed by atoms with E-state index in [4.69, 9.17) is 11.6 Å². The first-order valence-electron chi connectivity index (χ1n) is 6.20. The Morgan fingerprint density at radius 3 is 2.89 bits per heavy atom. The topological polar surface area (TPSA) is 57.8 Å². The number of amides is 1. The summed E-state index contributed by atoms with van der Waals surface area (Å²) in [6, 6.07) is 7.04. The SMILES string of the molecule is Cc1[nH]ncc1CCCNC(=O)c1ccccc1Cl. The largest absolute Gasteiger partial charge is 0.352 e. The molecule has 1 heterocycles. The van der Waals surface area contributed by atoms with Crippen LogP contribution in [0.3, 0.4) is 0 Å². The minimum atomic E-state index is -0.130. The van der Waals surface area contributed by atoms with Crippen LogP contribution >= 0.6 is 11.6 Å². The van der Waals surface area contributed by atoms with E-state index in [1.807, 2.05) is 13.1 Å². The smallest absolute Gasteiger partial charge is 0.252 e. The minimum absolute atomic E-state index is 0.130. The molecule has 100 valence electrons. The molecule has 0 bridgehead atoms. The second-order valence-corrected chi connectivity index (χ2v) is 4.77. The Bertz CT molecular complexity index is 565. The number of carbonyl (C=O) groups excluding carboxylic acids is 1. The average Bonchev–Trinajstić information content (AvgIpc) is 2.80. The highest BCUT2D eigenvalue weighted by molar-refractivity contribution is 6.33. The summed E-state index contributed by atoms with van der Waals surface area (Å²) in [6.07, 6.45) is 3.59. The van der Waals surface area contributed by atoms with E-state index in [0.717, 1.165) is 18.5 Å². The molecule has 2 rings (SSSR count). The molecule has 0 saturated heterocycles. The van der Waals surface area contributed by atoms with Crippen molar-refractivity contribution >= 4 is 17.5 Å². The van der Waals surface area contributed by atoms with Gasteiger partial charge in [0.05, 0.1) is 16.8 Å². The Morgan fingerprint density at radius 2 is 2.21 bits per heavy atom. The Morgan fingerprint density at radius 1 is 1.42 bits per heavy atom. The van der Waals surface area contributed by atoms with Crippen LogP contribution in [0.15, 0.2) is 30.5 Å². The lowest BCUT2D eigenvalue weighted by Gasteiger charge is -2.06. The summed E-state index contributed by atoms with van der Waals surface area (Å²) in [7, 11) is 0. The summed E-state index contributed by atoms with van der Waals surface area (Å²) in [6.45, 7) is 2.61. The van der Waals surface area contributed by atoms with Crippen LogP contribution in [0.25, 0.3) is 0 Å².